The fourth-order valence-electron chi connectivity index (χ4n) is 1.73. The van der Waals surface area contributed by atoms with Crippen LogP contribution in [0.5, 0.6) is 0 Å². The average molecular weight is 187 g/mol. The lowest BCUT2D eigenvalue weighted by molar-refractivity contribution is 0.665. The minimum Gasteiger partial charge on any atom is -0.278 e. The maximum Gasteiger partial charge on any atom is 0.118 e. The van der Waals surface area contributed by atoms with E-state index in [0.717, 1.165) is 27.6 Å². The number of rotatable bonds is 0. The third kappa shape index (κ3) is 0.810. The quantitative estimate of drug-likeness (QED) is 0.574. The van der Waals surface area contributed by atoms with Crippen LogP contribution in [-0.4, -0.2) is 25.0 Å². The van der Waals surface area contributed by atoms with Crippen LogP contribution < -0.4 is 0 Å². The molecule has 0 aliphatic heterocycles. The zero-order valence-electron chi connectivity index (χ0n) is 7.94. The van der Waals surface area contributed by atoms with Crippen molar-refractivity contribution in [3.05, 3.63) is 18.0 Å². The summed E-state index contributed by atoms with van der Waals surface area (Å²) >= 11 is 0. The highest BCUT2D eigenvalue weighted by Crippen LogP contribution is 2.22. The van der Waals surface area contributed by atoms with Crippen molar-refractivity contribution in [2.45, 2.75) is 6.92 Å². The van der Waals surface area contributed by atoms with Crippen molar-refractivity contribution in [1.82, 2.24) is 25.0 Å². The minimum atomic E-state index is 0.888. The number of benzene rings is 1. The van der Waals surface area contributed by atoms with Gasteiger partial charge >= 0.3 is 0 Å². The lowest BCUT2D eigenvalue weighted by Crippen LogP contribution is -1.90. The number of aromatic nitrogens is 5. The van der Waals surface area contributed by atoms with E-state index >= 15 is 0 Å². The van der Waals surface area contributed by atoms with Gasteiger partial charge in [0.2, 0.25) is 0 Å². The molecule has 70 valence electrons. The van der Waals surface area contributed by atoms with E-state index in [2.05, 4.69) is 20.2 Å². The summed E-state index contributed by atoms with van der Waals surface area (Å²) in [6.45, 7) is 2.03. The van der Waals surface area contributed by atoms with Gasteiger partial charge in [0.15, 0.2) is 0 Å². The van der Waals surface area contributed by atoms with Gasteiger partial charge in [-0.3, -0.25) is 5.10 Å². The van der Waals surface area contributed by atoms with E-state index in [1.54, 1.807) is 11.1 Å². The maximum absolute atomic E-state index is 4.34. The molecule has 2 heterocycles. The van der Waals surface area contributed by atoms with E-state index in [1.165, 1.54) is 0 Å². The smallest absolute Gasteiger partial charge is 0.118 e. The highest BCUT2D eigenvalue weighted by atomic mass is 15.5. The summed E-state index contributed by atoms with van der Waals surface area (Å²) in [4.78, 5) is 10.1. The summed E-state index contributed by atoms with van der Waals surface area (Å²) in [5, 5.41) is 7.47. The van der Waals surface area contributed by atoms with Gasteiger partial charge in [0.25, 0.3) is 0 Å². The third-order valence-corrected chi connectivity index (χ3v) is 2.35. The molecule has 1 aromatic carbocycles. The number of hydrogen-bond acceptors (Lipinski definition) is 3. The minimum absolute atomic E-state index is 0.888. The summed E-state index contributed by atoms with van der Waals surface area (Å²) in [7, 11) is 1.86. The van der Waals surface area contributed by atoms with Crippen LogP contribution >= 0.6 is 0 Å². The highest BCUT2D eigenvalue weighted by Gasteiger charge is 2.09. The fourth-order valence-corrected chi connectivity index (χ4v) is 1.73. The molecule has 1 N–H and O–H groups in total. The third-order valence-electron chi connectivity index (χ3n) is 2.35. The molecule has 0 unspecified atom stereocenters. The predicted octanol–water partition coefficient (Wildman–Crippen LogP) is 1.15. The molecule has 2 aromatic heterocycles. The predicted molar refractivity (Wildman–Crippen MR) is 52.9 cm³/mol. The largest absolute Gasteiger partial charge is 0.278 e. The van der Waals surface area contributed by atoms with E-state index in [0.29, 0.717) is 0 Å². The molecule has 0 aliphatic carbocycles. The highest BCUT2D eigenvalue weighted by molar-refractivity contribution is 6.01. The lowest BCUT2D eigenvalue weighted by Gasteiger charge is -1.93. The number of H-pyrrole nitrogens is 1. The number of aryl methyl sites for hydroxylation is 2. The van der Waals surface area contributed by atoms with E-state index < -0.39 is 0 Å². The normalized spacial score (nSPS) is 11.6. The van der Waals surface area contributed by atoms with Crippen LogP contribution in [-0.2, 0) is 7.05 Å². The second-order valence-corrected chi connectivity index (χ2v) is 3.39. The van der Waals surface area contributed by atoms with E-state index in [9.17, 15) is 0 Å². The molecule has 0 saturated heterocycles. The van der Waals surface area contributed by atoms with Crippen LogP contribution in [0.25, 0.3) is 22.1 Å². The Labute approximate surface area is 79.7 Å². The van der Waals surface area contributed by atoms with Crippen LogP contribution in [0.2, 0.25) is 0 Å². The van der Waals surface area contributed by atoms with Crippen LogP contribution in [0.15, 0.2) is 12.4 Å². The molecule has 5 nitrogen and oxygen atoms in total. The molecule has 0 bridgehead atoms. The molecule has 0 spiro atoms. The first-order valence-electron chi connectivity index (χ1n) is 4.39. The van der Waals surface area contributed by atoms with Crippen LogP contribution in [0, 0.1) is 6.92 Å². The maximum atomic E-state index is 4.34. The summed E-state index contributed by atoms with van der Waals surface area (Å²) < 4.78 is 0. The Bertz CT molecular complexity index is 618. The molecule has 0 saturated carbocycles. The molecular formula is C9H9N5. The van der Waals surface area contributed by atoms with Gasteiger partial charge in [-0.05, 0) is 18.6 Å². The van der Waals surface area contributed by atoms with Crippen molar-refractivity contribution < 1.29 is 0 Å². The first-order valence-corrected chi connectivity index (χ1v) is 4.39. The molecule has 3 rings (SSSR count). The van der Waals surface area contributed by atoms with Crippen molar-refractivity contribution in [2.75, 3.05) is 0 Å². The molecule has 3 aromatic rings. The second-order valence-electron chi connectivity index (χ2n) is 3.39. The van der Waals surface area contributed by atoms with Crippen LogP contribution in [0.1, 0.15) is 5.56 Å². The number of imidazole rings is 1. The van der Waals surface area contributed by atoms with Gasteiger partial charge in [0, 0.05) is 7.05 Å². The Kier molecular flexibility index (Phi) is 1.24. The molecule has 0 fully saturated rings. The Balaban J connectivity index is 2.65. The average Bonchev–Trinajstić information content (AvgIpc) is 2.69. The number of nitrogens with zero attached hydrogens (tertiary/aromatic N) is 4. The van der Waals surface area contributed by atoms with Crippen molar-refractivity contribution in [1.29, 1.82) is 0 Å². The molecular weight excluding hydrogens is 178 g/mol. The Morgan fingerprint density at radius 2 is 2.14 bits per heavy atom. The number of aromatic amines is 1. The van der Waals surface area contributed by atoms with Gasteiger partial charge in [-0.15, -0.1) is 0 Å². The van der Waals surface area contributed by atoms with Crippen molar-refractivity contribution in [3.63, 3.8) is 0 Å². The van der Waals surface area contributed by atoms with Crippen molar-refractivity contribution >= 4 is 22.1 Å². The molecule has 5 heteroatoms. The van der Waals surface area contributed by atoms with Crippen molar-refractivity contribution in [3.8, 4) is 0 Å². The molecule has 0 amide bonds. The van der Waals surface area contributed by atoms with Gasteiger partial charge in [-0.25, -0.2) is 14.8 Å². The van der Waals surface area contributed by atoms with Crippen molar-refractivity contribution in [2.24, 2.45) is 7.05 Å². The number of nitrogens with one attached hydrogen (secondary N) is 1. The van der Waals surface area contributed by atoms with Gasteiger partial charge in [-0.2, -0.15) is 5.10 Å². The van der Waals surface area contributed by atoms with E-state index in [1.807, 2.05) is 20.0 Å². The number of fused-ring (bicyclic) bond motifs is 3. The lowest BCUT2D eigenvalue weighted by atomic mass is 10.2. The molecule has 14 heavy (non-hydrogen) atoms. The fraction of sp³-hybridized carbons (Fsp3) is 0.222. The van der Waals surface area contributed by atoms with Gasteiger partial charge in [-0.1, -0.05) is 0 Å². The summed E-state index contributed by atoms with van der Waals surface area (Å²) in [6.07, 6.45) is 1.57. The van der Waals surface area contributed by atoms with Gasteiger partial charge < -0.3 is 0 Å². The Morgan fingerprint density at radius 1 is 1.29 bits per heavy atom. The van der Waals surface area contributed by atoms with Crippen LogP contribution in [0.3, 0.4) is 0 Å². The first-order chi connectivity index (χ1) is 6.75. The van der Waals surface area contributed by atoms with E-state index in [4.69, 9.17) is 0 Å². The van der Waals surface area contributed by atoms with E-state index in [-0.39, 0.29) is 0 Å². The second kappa shape index (κ2) is 2.31. The van der Waals surface area contributed by atoms with Crippen LogP contribution in [0.4, 0.5) is 0 Å². The molecule has 0 radical (unpaired) electrons. The summed E-state index contributed by atoms with van der Waals surface area (Å²) in [5.41, 5.74) is 4.84. The van der Waals surface area contributed by atoms with Gasteiger partial charge in [0.05, 0.1) is 5.52 Å². The standard InChI is InChI=1S/C9H9N5/c1-5-3-6-8(11-4-10-6)9-7(5)12-14(2)13-9/h3-4,13H,1-2H3. The zero-order valence-corrected chi connectivity index (χ0v) is 7.94. The zero-order chi connectivity index (χ0) is 9.71. The SMILES string of the molecule is Cc1cc2ncnc2c2[nH]n(C)nc12. The number of hydrogen-bond donors (Lipinski definition) is 1. The Morgan fingerprint density at radius 3 is 3.00 bits per heavy atom. The molecule has 0 atom stereocenters. The monoisotopic (exact) mass is 187 g/mol. The Hall–Kier alpha value is -1.91. The topological polar surface area (TPSA) is 59.4 Å². The first kappa shape index (κ1) is 7.49. The van der Waals surface area contributed by atoms with Gasteiger partial charge in [0.1, 0.15) is 22.9 Å². The summed E-state index contributed by atoms with van der Waals surface area (Å²) in [6, 6.07) is 2.01. The molecule has 0 aliphatic rings. The summed E-state index contributed by atoms with van der Waals surface area (Å²) in [5.74, 6) is 0.